The van der Waals surface area contributed by atoms with Crippen LogP contribution in [-0.2, 0) is 29.7 Å². The minimum atomic E-state index is -0.636. The zero-order chi connectivity index (χ0) is 37.8. The van der Waals surface area contributed by atoms with Crippen molar-refractivity contribution in [3.05, 3.63) is 97.7 Å². The molecule has 5 aromatic rings. The number of hydrogen-bond acceptors (Lipinski definition) is 9. The Morgan fingerprint density at radius 1 is 1.11 bits per heavy atom. The summed E-state index contributed by atoms with van der Waals surface area (Å²) >= 11 is 6.52. The van der Waals surface area contributed by atoms with Crippen LogP contribution in [0.25, 0.3) is 17.2 Å². The monoisotopic (exact) mass is 741 g/mol. The Labute approximate surface area is 310 Å². The lowest BCUT2D eigenvalue weighted by molar-refractivity contribution is -0.116. The van der Waals surface area contributed by atoms with Gasteiger partial charge in [-0.25, -0.2) is 14.4 Å². The van der Waals surface area contributed by atoms with Gasteiger partial charge >= 0.3 is 0 Å². The largest absolute Gasteiger partial charge is 0.504 e. The molecule has 53 heavy (non-hydrogen) atoms. The van der Waals surface area contributed by atoms with E-state index in [1.54, 1.807) is 34.6 Å². The number of fused-ring (bicyclic) bond motifs is 3. The number of halogens is 2. The lowest BCUT2D eigenvalue weighted by Crippen LogP contribution is -2.46. The first-order chi connectivity index (χ1) is 25.3. The maximum atomic E-state index is 15.6. The normalized spacial score (nSPS) is 16.5. The number of rotatable bonds is 8. The van der Waals surface area contributed by atoms with Gasteiger partial charge in [-0.15, -0.1) is 5.10 Å². The van der Waals surface area contributed by atoms with Gasteiger partial charge in [0.05, 0.1) is 22.0 Å². The molecule has 0 radical (unpaired) electrons. The summed E-state index contributed by atoms with van der Waals surface area (Å²) in [6.07, 6.45) is 3.55. The molecule has 2 N–H and O–H groups in total. The number of nitrogens with zero attached hydrogens (tertiary/aromatic N) is 8. The van der Waals surface area contributed by atoms with Crippen LogP contribution >= 0.6 is 11.6 Å². The van der Waals surface area contributed by atoms with E-state index in [4.69, 9.17) is 16.6 Å². The third kappa shape index (κ3) is 6.54. The maximum Gasteiger partial charge on any atom is 0.279 e. The van der Waals surface area contributed by atoms with E-state index >= 15 is 4.39 Å². The Balaban J connectivity index is 1.30. The predicted molar refractivity (Wildman–Crippen MR) is 198 cm³/mol. The number of nitrogens with one attached hydrogen (secondary N) is 1. The standard InChI is InChI=1S/C38H41ClFN9O4/c1-6-23-8-10-28(26(39)15-23)43-29(50)19-48-32-21(2)17-38(11-13-47(14-12-38)36(53)31-33(51)22(3)41-20-42-31)30(32)35(52)49-37(48)44-34(45-49)25-9-7-24(16-27(25)40)18-46(4)5/h7-10,15-16,20-21,51H,6,11-14,17-19H2,1-5H3,(H,43,50). The molecule has 1 fully saturated rings. The second-order valence-corrected chi connectivity index (χ2v) is 14.8. The van der Waals surface area contributed by atoms with Crippen LogP contribution in [0.3, 0.4) is 0 Å². The van der Waals surface area contributed by atoms with Crippen molar-refractivity contribution in [2.24, 2.45) is 0 Å². The molecule has 4 heterocycles. The molecule has 1 aliphatic heterocycles. The quantitative estimate of drug-likeness (QED) is 0.222. The van der Waals surface area contributed by atoms with Crippen molar-refractivity contribution < 1.29 is 19.1 Å². The molecule has 15 heteroatoms. The molecule has 1 unspecified atom stereocenters. The summed E-state index contributed by atoms with van der Waals surface area (Å²) in [5, 5.41) is 18.4. The molecule has 2 aliphatic rings. The first-order valence-corrected chi connectivity index (χ1v) is 18.0. The molecule has 1 spiro atoms. The second kappa shape index (κ2) is 14.0. The Morgan fingerprint density at radius 3 is 2.53 bits per heavy atom. The minimum absolute atomic E-state index is 0.0223. The Morgan fingerprint density at radius 2 is 1.85 bits per heavy atom. The summed E-state index contributed by atoms with van der Waals surface area (Å²) in [6.45, 7) is 6.58. The Bertz CT molecular complexity index is 2330. The van der Waals surface area contributed by atoms with Gasteiger partial charge in [0.2, 0.25) is 11.7 Å². The molecule has 0 saturated carbocycles. The Kier molecular flexibility index (Phi) is 9.53. The second-order valence-electron chi connectivity index (χ2n) is 14.4. The number of piperidine rings is 1. The van der Waals surface area contributed by atoms with Crippen molar-refractivity contribution in [3.63, 3.8) is 0 Å². The van der Waals surface area contributed by atoms with Gasteiger partial charge in [-0.05, 0) is 88.0 Å². The molecule has 13 nitrogen and oxygen atoms in total. The lowest BCUT2D eigenvalue weighted by Gasteiger charge is -2.39. The van der Waals surface area contributed by atoms with Gasteiger partial charge in [-0.2, -0.15) is 9.50 Å². The predicted octanol–water partition coefficient (Wildman–Crippen LogP) is 5.10. The fourth-order valence-electron chi connectivity index (χ4n) is 7.92. The summed E-state index contributed by atoms with van der Waals surface area (Å²) in [5.41, 5.74) is 2.78. The van der Waals surface area contributed by atoms with Crippen molar-refractivity contribution in [2.75, 3.05) is 32.5 Å². The van der Waals surface area contributed by atoms with Gasteiger partial charge in [0.25, 0.3) is 11.5 Å². The molecule has 1 atom stereocenters. The minimum Gasteiger partial charge on any atom is -0.504 e. The van der Waals surface area contributed by atoms with E-state index in [1.807, 2.05) is 45.0 Å². The summed E-state index contributed by atoms with van der Waals surface area (Å²) in [6, 6.07) is 10.3. The average molecular weight is 742 g/mol. The molecule has 7 rings (SSSR count). The van der Waals surface area contributed by atoms with E-state index in [1.165, 1.54) is 16.9 Å². The van der Waals surface area contributed by atoms with Crippen molar-refractivity contribution >= 4 is 34.9 Å². The zero-order valence-electron chi connectivity index (χ0n) is 30.3. The van der Waals surface area contributed by atoms with Gasteiger partial charge in [0.1, 0.15) is 18.7 Å². The van der Waals surface area contributed by atoms with Gasteiger partial charge in [-0.3, -0.25) is 14.4 Å². The van der Waals surface area contributed by atoms with Crippen LogP contribution in [0.15, 0.2) is 47.5 Å². The first-order valence-electron chi connectivity index (χ1n) is 17.7. The fourth-order valence-corrected chi connectivity index (χ4v) is 8.17. The lowest BCUT2D eigenvalue weighted by atomic mass is 9.73. The maximum absolute atomic E-state index is 15.6. The number of likely N-dealkylation sites (tertiary alicyclic amines) is 1. The highest BCUT2D eigenvalue weighted by Crippen LogP contribution is 2.50. The number of aromatic hydroxyl groups is 1. The summed E-state index contributed by atoms with van der Waals surface area (Å²) in [5.74, 6) is -1.61. The van der Waals surface area contributed by atoms with Gasteiger partial charge in [0.15, 0.2) is 17.3 Å². The van der Waals surface area contributed by atoms with Crippen LogP contribution < -0.4 is 10.9 Å². The van der Waals surface area contributed by atoms with Crippen LogP contribution in [0, 0.1) is 12.7 Å². The highest BCUT2D eigenvalue weighted by Gasteiger charge is 2.49. The molecule has 3 aromatic heterocycles. The van der Waals surface area contributed by atoms with Crippen molar-refractivity contribution in [2.45, 2.75) is 70.9 Å². The molecular weight excluding hydrogens is 701 g/mol. The molecular formula is C38H41ClFN9O4. The number of benzene rings is 2. The highest BCUT2D eigenvalue weighted by molar-refractivity contribution is 6.33. The van der Waals surface area contributed by atoms with E-state index in [0.29, 0.717) is 66.6 Å². The number of aromatic nitrogens is 6. The number of anilines is 1. The van der Waals surface area contributed by atoms with Crippen molar-refractivity contribution in [1.29, 1.82) is 0 Å². The number of aryl methyl sites for hydroxylation is 2. The summed E-state index contributed by atoms with van der Waals surface area (Å²) in [4.78, 5) is 58.1. The van der Waals surface area contributed by atoms with Crippen LogP contribution in [0.5, 0.6) is 5.75 Å². The van der Waals surface area contributed by atoms with E-state index in [9.17, 15) is 19.5 Å². The molecule has 0 bridgehead atoms. The third-order valence-corrected chi connectivity index (χ3v) is 10.8. The van der Waals surface area contributed by atoms with Gasteiger partial charge in [-0.1, -0.05) is 37.6 Å². The fraction of sp³-hybridized carbons (Fsp3) is 0.395. The highest BCUT2D eigenvalue weighted by atomic mass is 35.5. The van der Waals surface area contributed by atoms with Crippen LogP contribution in [0.2, 0.25) is 5.02 Å². The van der Waals surface area contributed by atoms with E-state index in [2.05, 4.69) is 20.4 Å². The van der Waals surface area contributed by atoms with Gasteiger partial charge < -0.3 is 24.8 Å². The Hall–Kier alpha value is -5.21. The molecule has 2 amide bonds. The van der Waals surface area contributed by atoms with Crippen molar-refractivity contribution in [1.82, 2.24) is 38.9 Å². The summed E-state index contributed by atoms with van der Waals surface area (Å²) < 4.78 is 18.5. The number of hydrogen-bond donors (Lipinski definition) is 2. The molecule has 1 saturated heterocycles. The first kappa shape index (κ1) is 36.2. The number of amides is 2. The average Bonchev–Trinajstić information content (AvgIpc) is 3.68. The van der Waals surface area contributed by atoms with Crippen LogP contribution in [0.1, 0.15) is 77.6 Å². The van der Waals surface area contributed by atoms with Crippen molar-refractivity contribution in [3.8, 4) is 17.1 Å². The summed E-state index contributed by atoms with van der Waals surface area (Å²) in [7, 11) is 3.79. The van der Waals surface area contributed by atoms with Crippen LogP contribution in [-0.4, -0.2) is 83.0 Å². The molecule has 1 aliphatic carbocycles. The van der Waals surface area contributed by atoms with E-state index in [-0.39, 0.29) is 52.5 Å². The van der Waals surface area contributed by atoms with E-state index in [0.717, 1.165) is 17.5 Å². The van der Waals surface area contributed by atoms with Crippen LogP contribution in [0.4, 0.5) is 10.1 Å². The van der Waals surface area contributed by atoms with Gasteiger partial charge in [0, 0.05) is 36.3 Å². The number of carbonyl (C=O) groups is 2. The molecule has 2 aromatic carbocycles. The topological polar surface area (TPSA) is 151 Å². The smallest absolute Gasteiger partial charge is 0.279 e. The number of carbonyl (C=O) groups excluding carboxylic acids is 2. The molecule has 276 valence electrons. The zero-order valence-corrected chi connectivity index (χ0v) is 31.0. The van der Waals surface area contributed by atoms with E-state index < -0.39 is 17.1 Å². The SMILES string of the molecule is CCc1ccc(NC(=O)Cn2c3c(c(=O)n4nc(-c5ccc(CN(C)C)cc5F)nc24)C2(CCN(C(=O)c4ncnc(C)c4O)CC2)CC3C)c(Cl)c1. The third-order valence-electron chi connectivity index (χ3n) is 10.5.